The third-order valence-corrected chi connectivity index (χ3v) is 4.38. The maximum Gasteiger partial charge on any atom is 0.304 e. The number of ether oxygens (including phenoxy) is 1. The molecule has 0 radical (unpaired) electrons. The molecule has 23 heavy (non-hydrogen) atoms. The van der Waals surface area contributed by atoms with Crippen molar-refractivity contribution in [1.29, 1.82) is 0 Å². The molecule has 0 aliphatic carbocycles. The van der Waals surface area contributed by atoms with Crippen molar-refractivity contribution in [3.8, 4) is 0 Å². The minimum absolute atomic E-state index is 0.124. The highest BCUT2D eigenvalue weighted by Crippen LogP contribution is 2.22. The highest BCUT2D eigenvalue weighted by atomic mass is 16.6. The Bertz CT molecular complexity index is 522. The largest absolute Gasteiger partial charge is 0.437 e. The molecule has 3 unspecified atom stereocenters. The maximum absolute atomic E-state index is 12.4. The van der Waals surface area contributed by atoms with Crippen LogP contribution in [0.25, 0.3) is 0 Å². The van der Waals surface area contributed by atoms with E-state index in [9.17, 15) is 9.59 Å². The van der Waals surface area contributed by atoms with E-state index in [0.29, 0.717) is 18.6 Å². The average molecular weight is 318 g/mol. The summed E-state index contributed by atoms with van der Waals surface area (Å²) in [7, 11) is 0. The molecule has 3 atom stereocenters. The van der Waals surface area contributed by atoms with Gasteiger partial charge in [-0.15, -0.1) is 0 Å². The third-order valence-electron chi connectivity index (χ3n) is 4.38. The Morgan fingerprint density at radius 1 is 1.22 bits per heavy atom. The van der Waals surface area contributed by atoms with Gasteiger partial charge in [-0.2, -0.15) is 0 Å². The van der Waals surface area contributed by atoms with Crippen LogP contribution in [0.1, 0.15) is 51.8 Å². The molecule has 1 aromatic carbocycles. The van der Waals surface area contributed by atoms with Crippen molar-refractivity contribution >= 4 is 11.9 Å². The van der Waals surface area contributed by atoms with Crippen LogP contribution in [0.2, 0.25) is 0 Å². The van der Waals surface area contributed by atoms with E-state index in [1.54, 1.807) is 0 Å². The highest BCUT2D eigenvalue weighted by molar-refractivity contribution is 5.79. The Morgan fingerprint density at radius 2 is 1.83 bits per heavy atom. The summed E-state index contributed by atoms with van der Waals surface area (Å²) < 4.78 is 5.26. The van der Waals surface area contributed by atoms with E-state index in [0.717, 1.165) is 18.4 Å². The molecule has 5 heteroatoms. The van der Waals surface area contributed by atoms with Crippen molar-refractivity contribution in [3.05, 3.63) is 35.9 Å². The SMILES string of the molecule is CC(=O)OC(NC(=O)CN1C(C)CCCC1C)c1ccccc1. The van der Waals surface area contributed by atoms with Crippen LogP contribution in [0.5, 0.6) is 0 Å². The van der Waals surface area contributed by atoms with Gasteiger partial charge in [0.25, 0.3) is 0 Å². The van der Waals surface area contributed by atoms with Gasteiger partial charge in [-0.05, 0) is 26.7 Å². The molecule has 0 bridgehead atoms. The van der Waals surface area contributed by atoms with Crippen LogP contribution in [0.4, 0.5) is 0 Å². The number of piperidine rings is 1. The van der Waals surface area contributed by atoms with E-state index in [1.807, 2.05) is 30.3 Å². The van der Waals surface area contributed by atoms with Crippen LogP contribution in [0, 0.1) is 0 Å². The Morgan fingerprint density at radius 3 is 2.39 bits per heavy atom. The first-order chi connectivity index (χ1) is 11.0. The van der Waals surface area contributed by atoms with E-state index in [1.165, 1.54) is 13.3 Å². The van der Waals surface area contributed by atoms with E-state index >= 15 is 0 Å². The number of likely N-dealkylation sites (tertiary alicyclic amines) is 1. The molecule has 1 fully saturated rings. The van der Waals surface area contributed by atoms with Crippen molar-refractivity contribution in [2.24, 2.45) is 0 Å². The van der Waals surface area contributed by atoms with Crippen LogP contribution in [-0.4, -0.2) is 35.4 Å². The minimum atomic E-state index is -0.739. The van der Waals surface area contributed by atoms with Crippen LogP contribution in [0.15, 0.2) is 30.3 Å². The van der Waals surface area contributed by atoms with Gasteiger partial charge >= 0.3 is 5.97 Å². The van der Waals surface area contributed by atoms with Gasteiger partial charge in [-0.3, -0.25) is 14.5 Å². The Labute approximate surface area is 138 Å². The van der Waals surface area contributed by atoms with Crippen molar-refractivity contribution in [2.75, 3.05) is 6.54 Å². The summed E-state index contributed by atoms with van der Waals surface area (Å²) in [6.07, 6.45) is 2.70. The van der Waals surface area contributed by atoms with E-state index in [-0.39, 0.29) is 5.91 Å². The summed E-state index contributed by atoms with van der Waals surface area (Å²) in [4.78, 5) is 26.0. The van der Waals surface area contributed by atoms with Crippen molar-refractivity contribution in [1.82, 2.24) is 10.2 Å². The fourth-order valence-electron chi connectivity index (χ4n) is 3.12. The minimum Gasteiger partial charge on any atom is -0.437 e. The van der Waals surface area contributed by atoms with Crippen molar-refractivity contribution < 1.29 is 14.3 Å². The molecule has 0 spiro atoms. The summed E-state index contributed by atoms with van der Waals surface area (Å²) in [5, 5.41) is 2.83. The zero-order valence-electron chi connectivity index (χ0n) is 14.1. The number of benzene rings is 1. The number of carbonyl (C=O) groups is 2. The molecule has 1 saturated heterocycles. The molecular weight excluding hydrogens is 292 g/mol. The molecule has 1 aliphatic heterocycles. The van der Waals surface area contributed by atoms with Gasteiger partial charge in [0.1, 0.15) is 0 Å². The lowest BCUT2D eigenvalue weighted by atomic mass is 9.97. The number of nitrogens with one attached hydrogen (secondary N) is 1. The van der Waals surface area contributed by atoms with Gasteiger partial charge in [0.15, 0.2) is 0 Å². The predicted octanol–water partition coefficient (Wildman–Crippen LogP) is 2.63. The van der Waals surface area contributed by atoms with Gasteiger partial charge in [0.05, 0.1) is 6.54 Å². The predicted molar refractivity (Wildman–Crippen MR) is 88.6 cm³/mol. The first-order valence-electron chi connectivity index (χ1n) is 8.24. The molecule has 1 aliphatic rings. The second-order valence-corrected chi connectivity index (χ2v) is 6.27. The van der Waals surface area contributed by atoms with Gasteiger partial charge in [-0.25, -0.2) is 0 Å². The van der Waals surface area contributed by atoms with Crippen LogP contribution >= 0.6 is 0 Å². The lowest BCUT2D eigenvalue weighted by molar-refractivity contribution is -0.150. The molecule has 5 nitrogen and oxygen atoms in total. The zero-order chi connectivity index (χ0) is 16.8. The summed E-state index contributed by atoms with van der Waals surface area (Å²) >= 11 is 0. The maximum atomic E-state index is 12.4. The molecule has 1 heterocycles. The van der Waals surface area contributed by atoms with E-state index < -0.39 is 12.2 Å². The topological polar surface area (TPSA) is 58.6 Å². The summed E-state index contributed by atoms with van der Waals surface area (Å²) in [6.45, 7) is 5.98. The average Bonchev–Trinajstić information content (AvgIpc) is 2.51. The highest BCUT2D eigenvalue weighted by Gasteiger charge is 2.27. The second kappa shape index (κ2) is 8.11. The van der Waals surface area contributed by atoms with Crippen molar-refractivity contribution in [3.63, 3.8) is 0 Å². The number of amides is 1. The first-order valence-corrected chi connectivity index (χ1v) is 8.24. The fraction of sp³-hybridized carbons (Fsp3) is 0.556. The lowest BCUT2D eigenvalue weighted by Crippen LogP contribution is -2.49. The van der Waals surface area contributed by atoms with E-state index in [4.69, 9.17) is 4.74 Å². The summed E-state index contributed by atoms with van der Waals surface area (Å²) in [5.41, 5.74) is 0.760. The third kappa shape index (κ3) is 5.06. The Kier molecular flexibility index (Phi) is 6.16. The summed E-state index contributed by atoms with van der Waals surface area (Å²) in [5.74, 6) is -0.542. The number of rotatable bonds is 5. The molecule has 0 aromatic heterocycles. The van der Waals surface area contributed by atoms with Crippen LogP contribution in [0.3, 0.4) is 0 Å². The molecule has 2 rings (SSSR count). The number of carbonyl (C=O) groups excluding carboxylic acids is 2. The zero-order valence-corrected chi connectivity index (χ0v) is 14.1. The van der Waals surface area contributed by atoms with Gasteiger partial charge < -0.3 is 10.1 Å². The molecular formula is C18H26N2O3. The number of hydrogen-bond donors (Lipinski definition) is 1. The summed E-state index contributed by atoms with van der Waals surface area (Å²) in [6, 6.07) is 10.1. The first kappa shape index (κ1) is 17.5. The Balaban J connectivity index is 2.01. The standard InChI is InChI=1S/C18H26N2O3/c1-13-8-7-9-14(2)20(13)12-17(22)19-18(23-15(3)21)16-10-5-4-6-11-16/h4-6,10-11,13-14,18H,7-9,12H2,1-3H3,(H,19,22). The Hall–Kier alpha value is -1.88. The van der Waals surface area contributed by atoms with Gasteiger partial charge in [-0.1, -0.05) is 36.8 Å². The van der Waals surface area contributed by atoms with Gasteiger partial charge in [0.2, 0.25) is 12.1 Å². The fourth-order valence-corrected chi connectivity index (χ4v) is 3.12. The quantitative estimate of drug-likeness (QED) is 0.670. The second-order valence-electron chi connectivity index (χ2n) is 6.27. The van der Waals surface area contributed by atoms with Crippen LogP contribution < -0.4 is 5.32 Å². The van der Waals surface area contributed by atoms with Crippen molar-refractivity contribution in [2.45, 2.75) is 58.3 Å². The lowest BCUT2D eigenvalue weighted by Gasteiger charge is -2.38. The molecule has 1 N–H and O–H groups in total. The smallest absolute Gasteiger partial charge is 0.304 e. The van der Waals surface area contributed by atoms with Crippen LogP contribution in [-0.2, 0) is 14.3 Å². The normalized spacial score (nSPS) is 23.1. The molecule has 126 valence electrons. The van der Waals surface area contributed by atoms with E-state index in [2.05, 4.69) is 24.1 Å². The molecule has 1 aromatic rings. The monoisotopic (exact) mass is 318 g/mol. The molecule has 0 saturated carbocycles. The molecule has 1 amide bonds. The number of nitrogens with zero attached hydrogens (tertiary/aromatic N) is 1. The number of esters is 1. The van der Waals surface area contributed by atoms with Gasteiger partial charge in [0, 0.05) is 24.6 Å². The number of hydrogen-bond acceptors (Lipinski definition) is 4.